The molecule has 0 bridgehead atoms. The second-order valence-corrected chi connectivity index (χ2v) is 7.96. The van der Waals surface area contributed by atoms with Gasteiger partial charge >= 0.3 is 0 Å². The fraction of sp³-hybridized carbons (Fsp3) is 0.476. The molecule has 0 unspecified atom stereocenters. The molecule has 2 heterocycles. The first-order valence-corrected chi connectivity index (χ1v) is 9.60. The summed E-state index contributed by atoms with van der Waals surface area (Å²) in [6, 6.07) is 9.87. The first kappa shape index (κ1) is 17.8. The lowest BCUT2D eigenvalue weighted by Gasteiger charge is -2.25. The largest absolute Gasteiger partial charge is 0.356 e. The van der Waals surface area contributed by atoms with Gasteiger partial charge < -0.3 is 10.2 Å². The lowest BCUT2D eigenvalue weighted by molar-refractivity contribution is -0.124. The van der Waals surface area contributed by atoms with Crippen LogP contribution >= 0.6 is 0 Å². The van der Waals surface area contributed by atoms with Gasteiger partial charge in [-0.1, -0.05) is 0 Å². The number of hydrogen-bond acceptors (Lipinski definition) is 3. The van der Waals surface area contributed by atoms with E-state index >= 15 is 0 Å². The minimum atomic E-state index is 0.0397. The normalized spacial score (nSPS) is 24.4. The van der Waals surface area contributed by atoms with Crippen molar-refractivity contribution in [1.82, 2.24) is 20.0 Å². The van der Waals surface area contributed by atoms with Crippen LogP contribution in [0.25, 0.3) is 5.69 Å². The van der Waals surface area contributed by atoms with Crippen molar-refractivity contribution in [2.75, 3.05) is 13.6 Å². The van der Waals surface area contributed by atoms with E-state index in [0.29, 0.717) is 23.8 Å². The maximum absolute atomic E-state index is 12.9. The van der Waals surface area contributed by atoms with E-state index in [1.807, 2.05) is 60.8 Å². The summed E-state index contributed by atoms with van der Waals surface area (Å²) >= 11 is 0. The Morgan fingerprint density at radius 2 is 1.89 bits per heavy atom. The van der Waals surface area contributed by atoms with E-state index in [1.165, 1.54) is 0 Å². The minimum absolute atomic E-state index is 0.0397. The van der Waals surface area contributed by atoms with Crippen LogP contribution in [-0.2, 0) is 4.79 Å². The van der Waals surface area contributed by atoms with Crippen molar-refractivity contribution in [1.29, 1.82) is 0 Å². The number of hydrogen-bond donors (Lipinski definition) is 1. The number of aromatic nitrogens is 2. The highest BCUT2D eigenvalue weighted by Gasteiger charge is 2.40. The fourth-order valence-electron chi connectivity index (χ4n) is 4.56. The molecular weight excluding hydrogens is 340 g/mol. The number of fused-ring (bicyclic) bond motifs is 1. The molecule has 2 aromatic rings. The molecule has 6 heteroatoms. The Labute approximate surface area is 159 Å². The molecule has 2 amide bonds. The molecule has 1 saturated heterocycles. The van der Waals surface area contributed by atoms with Gasteiger partial charge in [-0.25, -0.2) is 4.68 Å². The summed E-state index contributed by atoms with van der Waals surface area (Å²) < 4.78 is 1.89. The summed E-state index contributed by atoms with van der Waals surface area (Å²) in [7, 11) is 1.88. The van der Waals surface area contributed by atoms with Crippen LogP contribution in [0.5, 0.6) is 0 Å². The van der Waals surface area contributed by atoms with Crippen molar-refractivity contribution in [3.63, 3.8) is 0 Å². The Kier molecular flexibility index (Phi) is 4.50. The zero-order valence-electron chi connectivity index (χ0n) is 16.1. The average molecular weight is 366 g/mol. The SMILES string of the molecule is Cc1cc(C)n(-c2ccc(C(=O)N(C)[C@H]3C[C@H]4CC(=O)NC[C@H]4C3)cc2)n1. The Hall–Kier alpha value is -2.63. The zero-order chi connectivity index (χ0) is 19.1. The van der Waals surface area contributed by atoms with Crippen LogP contribution in [0.15, 0.2) is 30.3 Å². The first-order valence-electron chi connectivity index (χ1n) is 9.60. The fourth-order valence-corrected chi connectivity index (χ4v) is 4.56. The van der Waals surface area contributed by atoms with Gasteiger partial charge in [0, 0.05) is 37.3 Å². The summed E-state index contributed by atoms with van der Waals surface area (Å²) in [5.41, 5.74) is 3.69. The van der Waals surface area contributed by atoms with Crippen LogP contribution in [0.2, 0.25) is 0 Å². The molecule has 1 aromatic heterocycles. The molecule has 0 radical (unpaired) electrons. The third-order valence-electron chi connectivity index (χ3n) is 6.06. The predicted molar refractivity (Wildman–Crippen MR) is 103 cm³/mol. The summed E-state index contributed by atoms with van der Waals surface area (Å²) in [6.45, 7) is 4.74. The Morgan fingerprint density at radius 3 is 2.56 bits per heavy atom. The summed E-state index contributed by atoms with van der Waals surface area (Å²) in [4.78, 5) is 26.4. The van der Waals surface area contributed by atoms with Crippen LogP contribution in [0.4, 0.5) is 0 Å². The van der Waals surface area contributed by atoms with Gasteiger partial charge in [0.25, 0.3) is 5.91 Å². The van der Waals surface area contributed by atoms with Gasteiger partial charge in [0.1, 0.15) is 0 Å². The molecule has 1 aliphatic heterocycles. The van der Waals surface area contributed by atoms with Crippen LogP contribution in [-0.4, -0.2) is 46.1 Å². The molecule has 2 fully saturated rings. The summed E-state index contributed by atoms with van der Waals surface area (Å²) in [5.74, 6) is 1.09. The third-order valence-corrected chi connectivity index (χ3v) is 6.06. The van der Waals surface area contributed by atoms with Crippen molar-refractivity contribution in [2.45, 2.75) is 39.2 Å². The van der Waals surface area contributed by atoms with Gasteiger partial charge in [0.05, 0.1) is 11.4 Å². The zero-order valence-corrected chi connectivity index (χ0v) is 16.1. The lowest BCUT2D eigenvalue weighted by atomic mass is 9.89. The van der Waals surface area contributed by atoms with Gasteiger partial charge in [0.2, 0.25) is 5.91 Å². The number of rotatable bonds is 3. The number of nitrogens with zero attached hydrogens (tertiary/aromatic N) is 3. The highest BCUT2D eigenvalue weighted by Crippen LogP contribution is 2.38. The van der Waals surface area contributed by atoms with E-state index in [1.54, 1.807) is 0 Å². The molecule has 4 rings (SSSR count). The smallest absolute Gasteiger partial charge is 0.253 e. The van der Waals surface area contributed by atoms with Gasteiger partial charge in [-0.2, -0.15) is 5.10 Å². The van der Waals surface area contributed by atoms with Crippen molar-refractivity contribution >= 4 is 11.8 Å². The number of carbonyl (C=O) groups excluding carboxylic acids is 2. The van der Waals surface area contributed by atoms with Gasteiger partial charge in [-0.15, -0.1) is 0 Å². The molecule has 6 nitrogen and oxygen atoms in total. The molecule has 1 aromatic carbocycles. The van der Waals surface area contributed by atoms with Crippen molar-refractivity contribution < 1.29 is 9.59 Å². The molecule has 1 aliphatic carbocycles. The lowest BCUT2D eigenvalue weighted by Crippen LogP contribution is -2.38. The number of nitrogens with one attached hydrogen (secondary N) is 1. The van der Waals surface area contributed by atoms with Crippen LogP contribution in [0.3, 0.4) is 0 Å². The molecular formula is C21H26N4O2. The predicted octanol–water partition coefficient (Wildman–Crippen LogP) is 2.48. The second kappa shape index (κ2) is 6.83. The van der Waals surface area contributed by atoms with E-state index in [0.717, 1.165) is 36.5 Å². The monoisotopic (exact) mass is 366 g/mol. The highest BCUT2D eigenvalue weighted by atomic mass is 16.2. The first-order chi connectivity index (χ1) is 12.9. The van der Waals surface area contributed by atoms with E-state index < -0.39 is 0 Å². The molecule has 3 atom stereocenters. The van der Waals surface area contributed by atoms with Gasteiger partial charge in [-0.3, -0.25) is 9.59 Å². The van der Waals surface area contributed by atoms with Crippen molar-refractivity contribution in [3.05, 3.63) is 47.3 Å². The average Bonchev–Trinajstić information content (AvgIpc) is 3.22. The maximum atomic E-state index is 12.9. The standard InChI is InChI=1S/C21H26N4O2/c1-13-8-14(2)25(23-13)18-6-4-15(5-7-18)21(27)24(3)19-9-16-11-20(26)22-12-17(16)10-19/h4-8,16-17,19H,9-12H2,1-3H3,(H,22,26)/t16-,17+,19-/m0/s1. The van der Waals surface area contributed by atoms with Gasteiger partial charge in [-0.05, 0) is 68.9 Å². The molecule has 1 N–H and O–H groups in total. The Morgan fingerprint density at radius 1 is 1.19 bits per heavy atom. The quantitative estimate of drug-likeness (QED) is 0.907. The van der Waals surface area contributed by atoms with Crippen LogP contribution in [0, 0.1) is 25.7 Å². The topological polar surface area (TPSA) is 67.2 Å². The van der Waals surface area contributed by atoms with E-state index in [4.69, 9.17) is 0 Å². The van der Waals surface area contributed by atoms with Gasteiger partial charge in [0.15, 0.2) is 0 Å². The Bertz CT molecular complexity index is 871. The number of amides is 2. The van der Waals surface area contributed by atoms with E-state index in [-0.39, 0.29) is 17.9 Å². The molecule has 1 saturated carbocycles. The number of piperidine rings is 1. The number of benzene rings is 1. The second-order valence-electron chi connectivity index (χ2n) is 7.96. The summed E-state index contributed by atoms with van der Waals surface area (Å²) in [5, 5.41) is 7.44. The molecule has 142 valence electrons. The maximum Gasteiger partial charge on any atom is 0.253 e. The van der Waals surface area contributed by atoms with Crippen molar-refractivity contribution in [3.8, 4) is 5.69 Å². The number of carbonyl (C=O) groups is 2. The van der Waals surface area contributed by atoms with Crippen LogP contribution in [0.1, 0.15) is 41.0 Å². The third kappa shape index (κ3) is 3.36. The van der Waals surface area contributed by atoms with E-state index in [9.17, 15) is 9.59 Å². The minimum Gasteiger partial charge on any atom is -0.356 e. The Balaban J connectivity index is 1.46. The van der Waals surface area contributed by atoms with Crippen LogP contribution < -0.4 is 5.32 Å². The summed E-state index contributed by atoms with van der Waals surface area (Å²) in [6.07, 6.45) is 2.49. The van der Waals surface area contributed by atoms with E-state index in [2.05, 4.69) is 10.4 Å². The highest BCUT2D eigenvalue weighted by molar-refractivity contribution is 5.94. The number of aryl methyl sites for hydroxylation is 2. The van der Waals surface area contributed by atoms with Crippen molar-refractivity contribution in [2.24, 2.45) is 11.8 Å². The molecule has 0 spiro atoms. The molecule has 2 aliphatic rings. The molecule has 27 heavy (non-hydrogen) atoms.